The molecule has 220 valence electrons. The molecule has 5 rings (SSSR count). The first-order valence-corrected chi connectivity index (χ1v) is 15.7. The van der Waals surface area contributed by atoms with Crippen molar-refractivity contribution in [2.24, 2.45) is 11.3 Å². The molecule has 0 bridgehead atoms. The van der Waals surface area contributed by atoms with E-state index in [2.05, 4.69) is 33.9 Å². The van der Waals surface area contributed by atoms with Crippen LogP contribution in [0.2, 0.25) is 0 Å². The first-order valence-electron chi connectivity index (χ1n) is 14.2. The fourth-order valence-electron chi connectivity index (χ4n) is 5.81. The Labute approximate surface area is 241 Å². The largest absolute Gasteiger partial charge is 0.466 e. The minimum atomic E-state index is -4.05. The number of piperidine rings is 1. The van der Waals surface area contributed by atoms with Crippen molar-refractivity contribution < 1.29 is 22.7 Å². The molecule has 11 heteroatoms. The Balaban J connectivity index is 1.37. The Kier molecular flexibility index (Phi) is 8.37. The van der Waals surface area contributed by atoms with Gasteiger partial charge in [0.15, 0.2) is 0 Å². The lowest BCUT2D eigenvalue weighted by Gasteiger charge is -2.35. The molecule has 1 aromatic heterocycles. The lowest BCUT2D eigenvalue weighted by Crippen LogP contribution is -2.52. The van der Waals surface area contributed by atoms with Gasteiger partial charge in [0.2, 0.25) is 15.9 Å². The Morgan fingerprint density at radius 3 is 2.63 bits per heavy atom. The Bertz CT molecular complexity index is 1490. The molecule has 2 aliphatic heterocycles. The van der Waals surface area contributed by atoms with E-state index in [0.717, 1.165) is 42.3 Å². The van der Waals surface area contributed by atoms with Crippen LogP contribution in [-0.4, -0.2) is 67.4 Å². The number of nitrogens with one attached hydrogen (secondary N) is 3. The number of anilines is 1. The van der Waals surface area contributed by atoms with Gasteiger partial charge in [0.25, 0.3) is 0 Å². The molecule has 10 nitrogen and oxygen atoms in total. The molecule has 3 N–H and O–H groups in total. The SMILES string of the molecule is CC(=O)OCCC1CCN(C(=O)[C@H](Cc2nc3ccccc3[nH]2)NS(=O)(=O)c2cccc3c2NCC(C)(C)C3)CC1. The first-order chi connectivity index (χ1) is 19.5. The van der Waals surface area contributed by atoms with Gasteiger partial charge >= 0.3 is 5.97 Å². The van der Waals surface area contributed by atoms with Gasteiger partial charge in [0, 0.05) is 33.0 Å². The van der Waals surface area contributed by atoms with Crippen LogP contribution in [0.15, 0.2) is 47.4 Å². The smallest absolute Gasteiger partial charge is 0.302 e. The number of ether oxygens (including phenoxy) is 1. The zero-order valence-corrected chi connectivity index (χ0v) is 24.7. The monoisotopic (exact) mass is 581 g/mol. The van der Waals surface area contributed by atoms with Crippen LogP contribution in [0.4, 0.5) is 5.69 Å². The molecule has 1 saturated heterocycles. The van der Waals surface area contributed by atoms with E-state index in [1.807, 2.05) is 30.3 Å². The number of fused-ring (bicyclic) bond motifs is 2. The summed E-state index contributed by atoms with van der Waals surface area (Å²) in [7, 11) is -4.05. The van der Waals surface area contributed by atoms with Gasteiger partial charge in [-0.15, -0.1) is 0 Å². The minimum absolute atomic E-state index is 0.00687. The molecule has 2 aromatic carbocycles. The number of benzene rings is 2. The summed E-state index contributed by atoms with van der Waals surface area (Å²) in [6, 6.07) is 11.8. The topological polar surface area (TPSA) is 133 Å². The summed E-state index contributed by atoms with van der Waals surface area (Å²) >= 11 is 0. The third kappa shape index (κ3) is 6.90. The zero-order valence-electron chi connectivity index (χ0n) is 23.9. The van der Waals surface area contributed by atoms with Gasteiger partial charge in [-0.1, -0.05) is 38.1 Å². The Morgan fingerprint density at radius 2 is 1.90 bits per heavy atom. The van der Waals surface area contributed by atoms with E-state index in [1.165, 1.54) is 6.92 Å². The maximum Gasteiger partial charge on any atom is 0.302 e. The fraction of sp³-hybridized carbons (Fsp3) is 0.500. The molecule has 0 aliphatic carbocycles. The van der Waals surface area contributed by atoms with Crippen molar-refractivity contribution in [2.45, 2.75) is 63.8 Å². The van der Waals surface area contributed by atoms with Crippen LogP contribution in [0, 0.1) is 11.3 Å². The highest BCUT2D eigenvalue weighted by Gasteiger charge is 2.35. The van der Waals surface area contributed by atoms with E-state index in [-0.39, 0.29) is 28.6 Å². The van der Waals surface area contributed by atoms with E-state index in [4.69, 9.17) is 4.74 Å². The molecule has 41 heavy (non-hydrogen) atoms. The predicted octanol–water partition coefficient (Wildman–Crippen LogP) is 3.64. The van der Waals surface area contributed by atoms with Crippen molar-refractivity contribution in [3.8, 4) is 0 Å². The molecule has 2 aliphatic rings. The molecule has 1 atom stereocenters. The predicted molar refractivity (Wildman–Crippen MR) is 157 cm³/mol. The number of rotatable bonds is 9. The maximum absolute atomic E-state index is 13.9. The molecule has 0 unspecified atom stereocenters. The third-order valence-corrected chi connectivity index (χ3v) is 9.52. The summed E-state index contributed by atoms with van der Waals surface area (Å²) in [5, 5.41) is 3.33. The molecule has 1 amide bonds. The molecule has 0 saturated carbocycles. The van der Waals surface area contributed by atoms with Gasteiger partial charge in [-0.25, -0.2) is 13.4 Å². The number of hydrogen-bond donors (Lipinski definition) is 3. The van der Waals surface area contributed by atoms with Crippen LogP contribution in [-0.2, 0) is 37.2 Å². The number of H-pyrrole nitrogens is 1. The van der Waals surface area contributed by atoms with Crippen LogP contribution < -0.4 is 10.0 Å². The number of aromatic nitrogens is 2. The van der Waals surface area contributed by atoms with Gasteiger partial charge in [-0.2, -0.15) is 4.72 Å². The molecule has 1 fully saturated rings. The summed E-state index contributed by atoms with van der Waals surface area (Å²) in [6.07, 6.45) is 3.13. The third-order valence-electron chi connectivity index (χ3n) is 8.00. The van der Waals surface area contributed by atoms with E-state index in [0.29, 0.717) is 43.7 Å². The molecule has 3 heterocycles. The molecular weight excluding hydrogens is 542 g/mol. The average molecular weight is 582 g/mol. The highest BCUT2D eigenvalue weighted by atomic mass is 32.2. The lowest BCUT2D eigenvalue weighted by molar-refractivity contribution is -0.141. The number of amides is 1. The molecule has 3 aromatic rings. The second kappa shape index (κ2) is 11.8. The number of imidazole rings is 1. The average Bonchev–Trinajstić information content (AvgIpc) is 3.34. The van der Waals surface area contributed by atoms with E-state index in [1.54, 1.807) is 17.0 Å². The number of carbonyl (C=O) groups excluding carboxylic acids is 2. The Morgan fingerprint density at radius 1 is 1.15 bits per heavy atom. The standard InChI is InChI=1S/C30H39N5O5S/c1-20(36)40-16-13-21-11-14-35(15-12-21)29(37)25(17-27-32-23-8-4-5-9-24(23)33-27)34-41(38,39)26-10-6-7-22-18-30(2,3)19-31-28(22)26/h4-10,21,25,31,34H,11-19H2,1-3H3,(H,32,33)/t25-/m0/s1. The lowest BCUT2D eigenvalue weighted by atomic mass is 9.82. The van der Waals surface area contributed by atoms with E-state index in [9.17, 15) is 18.0 Å². The number of aromatic amines is 1. The number of likely N-dealkylation sites (tertiary alicyclic amines) is 1. The second-order valence-corrected chi connectivity index (χ2v) is 13.6. The van der Waals surface area contributed by atoms with Crippen molar-refractivity contribution in [1.82, 2.24) is 19.6 Å². The number of carbonyl (C=O) groups is 2. The van der Waals surface area contributed by atoms with Crippen LogP contribution in [0.25, 0.3) is 11.0 Å². The highest BCUT2D eigenvalue weighted by Crippen LogP contribution is 2.36. The maximum atomic E-state index is 13.9. The van der Waals surface area contributed by atoms with Gasteiger partial charge in [-0.3, -0.25) is 9.59 Å². The van der Waals surface area contributed by atoms with Crippen LogP contribution >= 0.6 is 0 Å². The number of para-hydroxylation sites is 3. The van der Waals surface area contributed by atoms with Crippen LogP contribution in [0.5, 0.6) is 0 Å². The minimum Gasteiger partial charge on any atom is -0.466 e. The van der Waals surface area contributed by atoms with Gasteiger partial charge in [0.1, 0.15) is 16.8 Å². The quantitative estimate of drug-likeness (QED) is 0.329. The summed E-state index contributed by atoms with van der Waals surface area (Å²) in [5.74, 6) is 0.317. The summed E-state index contributed by atoms with van der Waals surface area (Å²) in [4.78, 5) is 34.7. The summed E-state index contributed by atoms with van der Waals surface area (Å²) in [6.45, 7) is 7.73. The van der Waals surface area contributed by atoms with Crippen molar-refractivity contribution in [3.63, 3.8) is 0 Å². The Hall–Kier alpha value is -3.44. The van der Waals surface area contributed by atoms with E-state index >= 15 is 0 Å². The van der Waals surface area contributed by atoms with Gasteiger partial charge < -0.3 is 19.9 Å². The highest BCUT2D eigenvalue weighted by molar-refractivity contribution is 7.89. The van der Waals surface area contributed by atoms with Crippen molar-refractivity contribution in [2.75, 3.05) is 31.6 Å². The summed E-state index contributed by atoms with van der Waals surface area (Å²) in [5.41, 5.74) is 3.14. The fourth-order valence-corrected chi connectivity index (χ4v) is 7.23. The normalized spacial score (nSPS) is 18.0. The number of esters is 1. The molecule has 0 radical (unpaired) electrons. The van der Waals surface area contributed by atoms with Gasteiger partial charge in [0.05, 0.1) is 23.3 Å². The number of sulfonamides is 1. The second-order valence-electron chi connectivity index (χ2n) is 12.0. The van der Waals surface area contributed by atoms with Crippen LogP contribution in [0.1, 0.15) is 51.4 Å². The number of nitrogens with zero attached hydrogens (tertiary/aromatic N) is 2. The van der Waals surface area contributed by atoms with Gasteiger partial charge in [-0.05, 0) is 60.8 Å². The van der Waals surface area contributed by atoms with Crippen molar-refractivity contribution in [1.29, 1.82) is 0 Å². The van der Waals surface area contributed by atoms with Crippen molar-refractivity contribution in [3.05, 3.63) is 53.9 Å². The zero-order chi connectivity index (χ0) is 29.2. The summed E-state index contributed by atoms with van der Waals surface area (Å²) < 4.78 is 35.6. The number of hydrogen-bond acceptors (Lipinski definition) is 7. The molecule has 0 spiro atoms. The van der Waals surface area contributed by atoms with Crippen LogP contribution in [0.3, 0.4) is 0 Å². The van der Waals surface area contributed by atoms with E-state index < -0.39 is 16.1 Å². The molecular formula is C30H39N5O5S. The van der Waals surface area contributed by atoms with Crippen molar-refractivity contribution >= 4 is 38.6 Å². The first kappa shape index (κ1) is 29.1.